The van der Waals surface area contributed by atoms with E-state index in [1.54, 1.807) is 31.4 Å². The van der Waals surface area contributed by atoms with Crippen molar-refractivity contribution in [1.29, 1.82) is 0 Å². The molecule has 0 radical (unpaired) electrons. The second kappa shape index (κ2) is 10.1. The molecule has 2 N–H and O–H groups in total. The SMILES string of the molecule is COc1ccc(C(=O)Nc2cccc(CNCc3ccc(N4CCCC4=O)cc3)c2)cc1. The Bertz CT molecular complexity index is 1080. The molecule has 0 spiro atoms. The number of nitrogens with one attached hydrogen (secondary N) is 2. The number of carbonyl (C=O) groups excluding carboxylic acids is 2. The van der Waals surface area contributed by atoms with Gasteiger partial charge in [-0.2, -0.15) is 0 Å². The van der Waals surface area contributed by atoms with Crippen LogP contribution in [0.3, 0.4) is 0 Å². The maximum Gasteiger partial charge on any atom is 0.255 e. The first-order chi connectivity index (χ1) is 15.6. The number of nitrogens with zero attached hydrogens (tertiary/aromatic N) is 1. The lowest BCUT2D eigenvalue weighted by Crippen LogP contribution is -2.23. The van der Waals surface area contributed by atoms with Crippen LogP contribution in [0.15, 0.2) is 72.8 Å². The molecule has 3 aromatic carbocycles. The number of anilines is 2. The third kappa shape index (κ3) is 5.34. The summed E-state index contributed by atoms with van der Waals surface area (Å²) in [7, 11) is 1.60. The van der Waals surface area contributed by atoms with Gasteiger partial charge >= 0.3 is 0 Å². The zero-order valence-electron chi connectivity index (χ0n) is 18.1. The van der Waals surface area contributed by atoms with E-state index in [0.717, 1.165) is 42.0 Å². The van der Waals surface area contributed by atoms with Crippen molar-refractivity contribution in [3.8, 4) is 5.75 Å². The fourth-order valence-electron chi connectivity index (χ4n) is 3.77. The molecule has 32 heavy (non-hydrogen) atoms. The standard InChI is InChI=1S/C26H27N3O3/c1-32-24-13-9-21(10-14-24)26(31)28-22-5-2-4-20(16-22)18-27-17-19-7-11-23(12-8-19)29-15-3-6-25(29)30/h2,4-5,7-14,16,27H,3,6,15,17-18H2,1H3,(H,28,31). The monoisotopic (exact) mass is 429 g/mol. The van der Waals surface area contributed by atoms with Gasteiger partial charge in [-0.3, -0.25) is 9.59 Å². The number of hydrogen-bond acceptors (Lipinski definition) is 4. The highest BCUT2D eigenvalue weighted by atomic mass is 16.5. The first kappa shape index (κ1) is 21.6. The van der Waals surface area contributed by atoms with Gasteiger partial charge in [-0.15, -0.1) is 0 Å². The van der Waals surface area contributed by atoms with E-state index < -0.39 is 0 Å². The van der Waals surface area contributed by atoms with Crippen molar-refractivity contribution in [2.24, 2.45) is 0 Å². The molecule has 6 nitrogen and oxygen atoms in total. The molecule has 1 saturated heterocycles. The highest BCUT2D eigenvalue weighted by Gasteiger charge is 2.21. The Hall–Kier alpha value is -3.64. The third-order valence-electron chi connectivity index (χ3n) is 5.52. The van der Waals surface area contributed by atoms with E-state index in [1.807, 2.05) is 41.3 Å². The summed E-state index contributed by atoms with van der Waals surface area (Å²) >= 11 is 0. The van der Waals surface area contributed by atoms with Crippen molar-refractivity contribution in [1.82, 2.24) is 5.32 Å². The van der Waals surface area contributed by atoms with Gasteiger partial charge in [-0.05, 0) is 66.1 Å². The maximum atomic E-state index is 12.5. The van der Waals surface area contributed by atoms with Gasteiger partial charge in [0.15, 0.2) is 0 Å². The van der Waals surface area contributed by atoms with Crippen molar-refractivity contribution >= 4 is 23.2 Å². The Balaban J connectivity index is 1.29. The summed E-state index contributed by atoms with van der Waals surface area (Å²) in [6, 6.07) is 23.0. The van der Waals surface area contributed by atoms with Crippen molar-refractivity contribution in [3.63, 3.8) is 0 Å². The van der Waals surface area contributed by atoms with Gasteiger partial charge in [-0.1, -0.05) is 24.3 Å². The van der Waals surface area contributed by atoms with E-state index in [1.165, 1.54) is 0 Å². The lowest BCUT2D eigenvalue weighted by molar-refractivity contribution is -0.117. The molecule has 0 aromatic heterocycles. The van der Waals surface area contributed by atoms with Gasteiger partial charge in [0.1, 0.15) is 5.75 Å². The molecule has 164 valence electrons. The fraction of sp³-hybridized carbons (Fsp3) is 0.231. The molecule has 3 aromatic rings. The smallest absolute Gasteiger partial charge is 0.255 e. The molecule has 0 aliphatic carbocycles. The van der Waals surface area contributed by atoms with E-state index in [4.69, 9.17) is 4.74 Å². The summed E-state index contributed by atoms with van der Waals surface area (Å²) in [6.45, 7) is 2.21. The van der Waals surface area contributed by atoms with Crippen molar-refractivity contribution in [3.05, 3.63) is 89.5 Å². The fourth-order valence-corrected chi connectivity index (χ4v) is 3.77. The van der Waals surface area contributed by atoms with E-state index in [-0.39, 0.29) is 11.8 Å². The molecule has 0 saturated carbocycles. The average molecular weight is 430 g/mol. The van der Waals surface area contributed by atoms with Crippen LogP contribution in [-0.2, 0) is 17.9 Å². The predicted molar refractivity (Wildman–Crippen MR) is 126 cm³/mol. The van der Waals surface area contributed by atoms with Gasteiger partial charge in [-0.25, -0.2) is 0 Å². The second-order valence-electron chi connectivity index (χ2n) is 7.80. The van der Waals surface area contributed by atoms with Crippen LogP contribution in [0.25, 0.3) is 0 Å². The van der Waals surface area contributed by atoms with Gasteiger partial charge in [0.05, 0.1) is 7.11 Å². The van der Waals surface area contributed by atoms with Crippen LogP contribution in [0.2, 0.25) is 0 Å². The molecule has 0 unspecified atom stereocenters. The summed E-state index contributed by atoms with van der Waals surface area (Å²) in [4.78, 5) is 26.2. The number of ether oxygens (including phenoxy) is 1. The van der Waals surface area contributed by atoms with Gasteiger partial charge in [0, 0.05) is 43.0 Å². The molecular weight excluding hydrogens is 402 g/mol. The summed E-state index contributed by atoms with van der Waals surface area (Å²) in [5.74, 6) is 0.762. The minimum atomic E-state index is -0.158. The topological polar surface area (TPSA) is 70.7 Å². The average Bonchev–Trinajstić information content (AvgIpc) is 3.25. The van der Waals surface area contributed by atoms with E-state index in [0.29, 0.717) is 24.3 Å². The molecule has 1 aliphatic heterocycles. The molecule has 2 amide bonds. The number of methoxy groups -OCH3 is 1. The predicted octanol–water partition coefficient (Wildman–Crippen LogP) is 4.36. The van der Waals surface area contributed by atoms with Crippen LogP contribution in [0.5, 0.6) is 5.75 Å². The van der Waals surface area contributed by atoms with E-state index in [2.05, 4.69) is 22.8 Å². The largest absolute Gasteiger partial charge is 0.497 e. The van der Waals surface area contributed by atoms with Crippen LogP contribution in [0.1, 0.15) is 34.3 Å². The number of amides is 2. The molecule has 1 aliphatic rings. The first-order valence-corrected chi connectivity index (χ1v) is 10.8. The summed E-state index contributed by atoms with van der Waals surface area (Å²) in [5, 5.41) is 6.37. The van der Waals surface area contributed by atoms with Gasteiger partial charge in [0.2, 0.25) is 5.91 Å². The molecule has 0 atom stereocenters. The Kier molecular flexibility index (Phi) is 6.82. The quantitative estimate of drug-likeness (QED) is 0.558. The van der Waals surface area contributed by atoms with Crippen molar-refractivity contribution in [2.45, 2.75) is 25.9 Å². The van der Waals surface area contributed by atoms with E-state index in [9.17, 15) is 9.59 Å². The minimum absolute atomic E-state index is 0.158. The first-order valence-electron chi connectivity index (χ1n) is 10.8. The lowest BCUT2D eigenvalue weighted by Gasteiger charge is -2.16. The summed E-state index contributed by atoms with van der Waals surface area (Å²) in [5.41, 5.74) is 4.54. The summed E-state index contributed by atoms with van der Waals surface area (Å²) < 4.78 is 5.13. The van der Waals surface area contributed by atoms with Crippen LogP contribution < -0.4 is 20.3 Å². The molecular formula is C26H27N3O3. The minimum Gasteiger partial charge on any atom is -0.497 e. The Labute approximate surface area is 188 Å². The zero-order chi connectivity index (χ0) is 22.3. The number of benzene rings is 3. The Morgan fingerprint density at radius 1 is 0.969 bits per heavy atom. The normalized spacial score (nSPS) is 13.3. The van der Waals surface area contributed by atoms with Crippen LogP contribution in [0.4, 0.5) is 11.4 Å². The molecule has 1 fully saturated rings. The van der Waals surface area contributed by atoms with Gasteiger partial charge in [0.25, 0.3) is 5.91 Å². The number of carbonyl (C=O) groups is 2. The molecule has 1 heterocycles. The van der Waals surface area contributed by atoms with Gasteiger partial charge < -0.3 is 20.3 Å². The highest BCUT2D eigenvalue weighted by Crippen LogP contribution is 2.21. The third-order valence-corrected chi connectivity index (χ3v) is 5.52. The zero-order valence-corrected chi connectivity index (χ0v) is 18.1. The lowest BCUT2D eigenvalue weighted by atomic mass is 10.1. The Morgan fingerprint density at radius 2 is 1.72 bits per heavy atom. The van der Waals surface area contributed by atoms with Crippen LogP contribution >= 0.6 is 0 Å². The second-order valence-corrected chi connectivity index (χ2v) is 7.80. The Morgan fingerprint density at radius 3 is 2.41 bits per heavy atom. The van der Waals surface area contributed by atoms with Crippen LogP contribution in [-0.4, -0.2) is 25.5 Å². The molecule has 4 rings (SSSR count). The maximum absolute atomic E-state index is 12.5. The molecule has 0 bridgehead atoms. The molecule has 6 heteroatoms. The number of rotatable bonds is 8. The summed E-state index contributed by atoms with van der Waals surface area (Å²) in [6.07, 6.45) is 1.57. The number of hydrogen-bond donors (Lipinski definition) is 2. The van der Waals surface area contributed by atoms with Crippen molar-refractivity contribution in [2.75, 3.05) is 23.9 Å². The highest BCUT2D eigenvalue weighted by molar-refractivity contribution is 6.04. The van der Waals surface area contributed by atoms with E-state index >= 15 is 0 Å². The van der Waals surface area contributed by atoms with Crippen LogP contribution in [0, 0.1) is 0 Å². The van der Waals surface area contributed by atoms with Crippen molar-refractivity contribution < 1.29 is 14.3 Å².